The van der Waals surface area contributed by atoms with E-state index >= 15 is 0 Å². The third kappa shape index (κ3) is 3.64. The van der Waals surface area contributed by atoms with E-state index in [0.29, 0.717) is 6.54 Å². The van der Waals surface area contributed by atoms with Crippen LogP contribution in [0.2, 0.25) is 0 Å². The highest BCUT2D eigenvalue weighted by atomic mass is 16.6. The Balaban J connectivity index is 2.62. The molecule has 0 saturated carbocycles. The molecule has 1 heterocycles. The first-order chi connectivity index (χ1) is 7.65. The van der Waals surface area contributed by atoms with Gasteiger partial charge in [-0.2, -0.15) is 0 Å². The van der Waals surface area contributed by atoms with Crippen molar-refractivity contribution in [2.75, 3.05) is 13.7 Å². The lowest BCUT2D eigenvalue weighted by molar-refractivity contribution is -0.136. The van der Waals surface area contributed by atoms with Gasteiger partial charge in [-0.25, -0.2) is 0 Å². The fraction of sp³-hybridized carbons (Fsp3) is 0.727. The second-order valence-corrected chi connectivity index (χ2v) is 3.97. The van der Waals surface area contributed by atoms with Crippen molar-refractivity contribution in [2.45, 2.75) is 38.6 Å². The maximum absolute atomic E-state index is 11.8. The first-order valence-electron chi connectivity index (χ1n) is 5.50. The first-order valence-corrected chi connectivity index (χ1v) is 5.50. The van der Waals surface area contributed by atoms with Crippen LogP contribution in [0.25, 0.3) is 0 Å². The molecule has 0 bridgehead atoms. The van der Waals surface area contributed by atoms with E-state index in [1.165, 1.54) is 14.0 Å². The van der Waals surface area contributed by atoms with Crippen LogP contribution in [0.3, 0.4) is 0 Å². The minimum atomic E-state index is -0.111. The molecule has 1 atom stereocenters. The molecule has 0 spiro atoms. The number of likely N-dealkylation sites (tertiary alicyclic amines) is 1. The predicted octanol–water partition coefficient (Wildman–Crippen LogP) is 0.979. The van der Waals surface area contributed by atoms with Gasteiger partial charge in [0, 0.05) is 6.54 Å². The average molecular weight is 226 g/mol. The summed E-state index contributed by atoms with van der Waals surface area (Å²) >= 11 is 0. The Morgan fingerprint density at radius 2 is 2.25 bits per heavy atom. The summed E-state index contributed by atoms with van der Waals surface area (Å²) in [7, 11) is 1.47. The third-order valence-corrected chi connectivity index (χ3v) is 2.61. The molecule has 0 aromatic rings. The summed E-state index contributed by atoms with van der Waals surface area (Å²) in [5.74, 6) is -0.210. The van der Waals surface area contributed by atoms with Crippen LogP contribution in [0.15, 0.2) is 5.16 Å². The smallest absolute Gasteiger partial charge is 0.230 e. The van der Waals surface area contributed by atoms with Gasteiger partial charge < -0.3 is 9.74 Å². The van der Waals surface area contributed by atoms with Crippen molar-refractivity contribution in [3.8, 4) is 0 Å². The van der Waals surface area contributed by atoms with E-state index in [2.05, 4.69) is 9.99 Å². The van der Waals surface area contributed by atoms with Gasteiger partial charge in [0.1, 0.15) is 12.9 Å². The Morgan fingerprint density at radius 3 is 2.88 bits per heavy atom. The summed E-state index contributed by atoms with van der Waals surface area (Å²) in [6.07, 6.45) is 4.57. The van der Waals surface area contributed by atoms with E-state index in [4.69, 9.17) is 0 Å². The van der Waals surface area contributed by atoms with Crippen molar-refractivity contribution < 1.29 is 14.4 Å². The van der Waals surface area contributed by atoms with Crippen LogP contribution in [0.5, 0.6) is 0 Å². The molecule has 0 radical (unpaired) electrons. The highest BCUT2D eigenvalue weighted by Crippen LogP contribution is 2.16. The van der Waals surface area contributed by atoms with Crippen molar-refractivity contribution in [1.29, 1.82) is 0 Å². The molecule has 0 aliphatic carbocycles. The monoisotopic (exact) mass is 226 g/mol. The van der Waals surface area contributed by atoms with Crippen LogP contribution in [-0.2, 0) is 14.4 Å². The van der Waals surface area contributed by atoms with Crippen molar-refractivity contribution in [3.05, 3.63) is 0 Å². The molecule has 1 aliphatic heterocycles. The van der Waals surface area contributed by atoms with E-state index in [0.717, 1.165) is 19.3 Å². The van der Waals surface area contributed by atoms with Crippen molar-refractivity contribution >= 4 is 17.9 Å². The molecule has 90 valence electrons. The SMILES string of the molecule is CO/N=C/[C@@H]1CCCCN1C(=O)CC(C)=O. The molecular formula is C11H18N2O3. The second-order valence-electron chi connectivity index (χ2n) is 3.97. The predicted molar refractivity (Wildman–Crippen MR) is 60.2 cm³/mol. The lowest BCUT2D eigenvalue weighted by atomic mass is 10.0. The summed E-state index contributed by atoms with van der Waals surface area (Å²) in [6.45, 7) is 2.13. The molecule has 5 heteroatoms. The molecule has 1 rings (SSSR count). The van der Waals surface area contributed by atoms with Gasteiger partial charge in [-0.05, 0) is 26.2 Å². The summed E-state index contributed by atoms with van der Waals surface area (Å²) in [5.41, 5.74) is 0. The molecule has 1 aliphatic rings. The fourth-order valence-electron chi connectivity index (χ4n) is 1.87. The van der Waals surface area contributed by atoms with E-state index in [1.807, 2.05) is 0 Å². The molecule has 0 N–H and O–H groups in total. The summed E-state index contributed by atoms with van der Waals surface area (Å²) in [4.78, 5) is 29.0. The number of rotatable bonds is 4. The molecule has 0 unspecified atom stereocenters. The Hall–Kier alpha value is -1.39. The first kappa shape index (κ1) is 12.7. The van der Waals surface area contributed by atoms with Crippen molar-refractivity contribution in [2.24, 2.45) is 5.16 Å². The van der Waals surface area contributed by atoms with Gasteiger partial charge in [-0.15, -0.1) is 0 Å². The van der Waals surface area contributed by atoms with Gasteiger partial charge in [-0.1, -0.05) is 5.16 Å². The van der Waals surface area contributed by atoms with E-state index in [9.17, 15) is 9.59 Å². The molecule has 0 aromatic carbocycles. The minimum Gasteiger partial charge on any atom is -0.399 e. The van der Waals surface area contributed by atoms with Gasteiger partial charge in [0.2, 0.25) is 5.91 Å². The van der Waals surface area contributed by atoms with Crippen molar-refractivity contribution in [1.82, 2.24) is 4.90 Å². The van der Waals surface area contributed by atoms with Crippen LogP contribution in [0.4, 0.5) is 0 Å². The number of hydrogen-bond acceptors (Lipinski definition) is 4. The topological polar surface area (TPSA) is 59.0 Å². The molecule has 1 saturated heterocycles. The third-order valence-electron chi connectivity index (χ3n) is 2.61. The van der Waals surface area contributed by atoms with Crippen LogP contribution >= 0.6 is 0 Å². The highest BCUT2D eigenvalue weighted by molar-refractivity contribution is 5.97. The second kappa shape index (κ2) is 6.25. The van der Waals surface area contributed by atoms with E-state index in [-0.39, 0.29) is 24.2 Å². The Morgan fingerprint density at radius 1 is 1.50 bits per heavy atom. The van der Waals surface area contributed by atoms with E-state index in [1.54, 1.807) is 11.1 Å². The quantitative estimate of drug-likeness (QED) is 0.408. The van der Waals surface area contributed by atoms with Gasteiger partial charge in [0.15, 0.2) is 0 Å². The number of amides is 1. The van der Waals surface area contributed by atoms with Crippen LogP contribution in [0.1, 0.15) is 32.6 Å². The standard InChI is InChI=1S/C11H18N2O3/c1-9(14)7-11(15)13-6-4-3-5-10(13)8-12-16-2/h8,10H,3-7H2,1-2H3/b12-8+/t10-/m0/s1. The maximum atomic E-state index is 11.8. The molecule has 5 nitrogen and oxygen atoms in total. The zero-order chi connectivity index (χ0) is 12.0. The molecular weight excluding hydrogens is 208 g/mol. The lowest BCUT2D eigenvalue weighted by Gasteiger charge is -2.33. The number of ketones is 1. The van der Waals surface area contributed by atoms with E-state index < -0.39 is 0 Å². The number of carbonyl (C=O) groups excluding carboxylic acids is 2. The number of Topliss-reactive ketones (excluding diaryl/α,β-unsaturated/α-hetero) is 1. The van der Waals surface area contributed by atoms with Crippen molar-refractivity contribution in [3.63, 3.8) is 0 Å². The number of nitrogens with zero attached hydrogens (tertiary/aromatic N) is 2. The summed E-state index contributed by atoms with van der Waals surface area (Å²) < 4.78 is 0. The molecule has 0 aromatic heterocycles. The highest BCUT2D eigenvalue weighted by Gasteiger charge is 2.25. The Kier molecular flexibility index (Phi) is 4.95. The Labute approximate surface area is 95.4 Å². The summed E-state index contributed by atoms with van der Waals surface area (Å²) in [5, 5.41) is 3.70. The normalized spacial score (nSPS) is 21.1. The van der Waals surface area contributed by atoms with Gasteiger partial charge >= 0.3 is 0 Å². The van der Waals surface area contributed by atoms with Gasteiger partial charge in [-0.3, -0.25) is 9.59 Å². The lowest BCUT2D eigenvalue weighted by Crippen LogP contribution is -2.45. The van der Waals surface area contributed by atoms with Crippen LogP contribution < -0.4 is 0 Å². The molecule has 16 heavy (non-hydrogen) atoms. The van der Waals surface area contributed by atoms with Gasteiger partial charge in [0.05, 0.1) is 18.7 Å². The molecule has 1 amide bonds. The number of oxime groups is 1. The fourth-order valence-corrected chi connectivity index (χ4v) is 1.87. The average Bonchev–Trinajstić information content (AvgIpc) is 2.25. The molecule has 1 fully saturated rings. The number of hydrogen-bond donors (Lipinski definition) is 0. The van der Waals surface area contributed by atoms with Crippen LogP contribution in [0, 0.1) is 0 Å². The number of carbonyl (C=O) groups is 2. The zero-order valence-corrected chi connectivity index (χ0v) is 9.81. The Bertz CT molecular complexity index is 289. The van der Waals surface area contributed by atoms with Gasteiger partial charge in [0.25, 0.3) is 0 Å². The maximum Gasteiger partial charge on any atom is 0.230 e. The zero-order valence-electron chi connectivity index (χ0n) is 9.81. The minimum absolute atomic E-state index is 0.0165. The summed E-state index contributed by atoms with van der Waals surface area (Å²) in [6, 6.07) is -0.0273. The largest absolute Gasteiger partial charge is 0.399 e. The van der Waals surface area contributed by atoms with Crippen LogP contribution in [-0.4, -0.2) is 42.5 Å². The number of piperidine rings is 1.